The van der Waals surface area contributed by atoms with Crippen LogP contribution in [0.25, 0.3) is 0 Å². The number of morpholine rings is 1. The van der Waals surface area contributed by atoms with Gasteiger partial charge in [0.2, 0.25) is 11.8 Å². The molecular weight excluding hydrogens is 338 g/mol. The van der Waals surface area contributed by atoms with Crippen molar-refractivity contribution in [1.82, 2.24) is 25.2 Å². The Balaban J connectivity index is 1.55. The Labute approximate surface area is 152 Å². The quantitative estimate of drug-likeness (QED) is 0.793. The number of aryl methyl sites for hydroxylation is 2. The molecule has 1 unspecified atom stereocenters. The summed E-state index contributed by atoms with van der Waals surface area (Å²) in [6.45, 7) is 9.23. The van der Waals surface area contributed by atoms with Gasteiger partial charge in [-0.2, -0.15) is 9.97 Å². The normalized spacial score (nSPS) is 18.3. The molecule has 0 aliphatic carbocycles. The molecule has 1 amide bonds. The average molecular weight is 363 g/mol. The third kappa shape index (κ3) is 4.27. The van der Waals surface area contributed by atoms with Crippen molar-refractivity contribution in [3.8, 4) is 0 Å². The summed E-state index contributed by atoms with van der Waals surface area (Å²) >= 11 is 0. The maximum absolute atomic E-state index is 12.7. The van der Waals surface area contributed by atoms with E-state index < -0.39 is 0 Å². The molecule has 2 aromatic heterocycles. The molecule has 0 N–H and O–H groups in total. The average Bonchev–Trinajstić information content (AvgIpc) is 3.23. The minimum Gasteiger partial charge on any atom is -0.377 e. The van der Waals surface area contributed by atoms with E-state index in [-0.39, 0.29) is 17.4 Å². The topological polar surface area (TPSA) is 107 Å². The smallest absolute Gasteiger partial charge is 0.251 e. The van der Waals surface area contributed by atoms with Crippen molar-refractivity contribution in [2.45, 2.75) is 58.4 Å². The number of hydrogen-bond acceptors (Lipinski definition) is 8. The fourth-order valence-corrected chi connectivity index (χ4v) is 2.75. The number of ether oxygens (including phenoxy) is 1. The zero-order chi connectivity index (χ0) is 18.7. The van der Waals surface area contributed by atoms with Crippen LogP contribution in [0.5, 0.6) is 0 Å². The number of amides is 1. The van der Waals surface area contributed by atoms with Gasteiger partial charge in [-0.3, -0.25) is 4.79 Å². The number of nitrogens with zero attached hydrogens (tertiary/aromatic N) is 5. The zero-order valence-electron chi connectivity index (χ0n) is 15.7. The highest BCUT2D eigenvalue weighted by Crippen LogP contribution is 2.24. The van der Waals surface area contributed by atoms with Crippen LogP contribution in [0.1, 0.15) is 63.1 Å². The lowest BCUT2D eigenvalue weighted by molar-refractivity contribution is -0.141. The first kappa shape index (κ1) is 18.5. The first-order chi connectivity index (χ1) is 12.3. The van der Waals surface area contributed by atoms with Gasteiger partial charge in [0.05, 0.1) is 13.2 Å². The predicted molar refractivity (Wildman–Crippen MR) is 90.2 cm³/mol. The van der Waals surface area contributed by atoms with Gasteiger partial charge in [-0.15, -0.1) is 0 Å². The molecule has 1 saturated heterocycles. The Morgan fingerprint density at radius 2 is 2.04 bits per heavy atom. The highest BCUT2D eigenvalue weighted by molar-refractivity contribution is 5.76. The third-order valence-electron chi connectivity index (χ3n) is 4.20. The molecule has 0 bridgehead atoms. The lowest BCUT2D eigenvalue weighted by atomic mass is 9.96. The molecular formula is C17H25N5O4. The van der Waals surface area contributed by atoms with Crippen molar-refractivity contribution in [3.05, 3.63) is 23.4 Å². The van der Waals surface area contributed by atoms with E-state index in [4.69, 9.17) is 13.8 Å². The number of carbonyl (C=O) groups excluding carboxylic acids is 1. The van der Waals surface area contributed by atoms with Gasteiger partial charge in [-0.05, 0) is 13.3 Å². The Hall–Kier alpha value is -2.29. The molecule has 0 spiro atoms. The van der Waals surface area contributed by atoms with Crippen LogP contribution in [0.3, 0.4) is 0 Å². The van der Waals surface area contributed by atoms with E-state index in [1.54, 1.807) is 11.8 Å². The van der Waals surface area contributed by atoms with E-state index in [0.717, 1.165) is 0 Å². The summed E-state index contributed by atoms with van der Waals surface area (Å²) in [6.07, 6.45) is 1.60. The lowest BCUT2D eigenvalue weighted by Gasteiger charge is -2.33. The first-order valence-corrected chi connectivity index (χ1v) is 8.85. The Bertz CT molecular complexity index is 748. The van der Waals surface area contributed by atoms with Crippen LogP contribution in [0.15, 0.2) is 9.05 Å². The molecule has 2 aromatic rings. The molecule has 9 nitrogen and oxygen atoms in total. The third-order valence-corrected chi connectivity index (χ3v) is 4.20. The van der Waals surface area contributed by atoms with Crippen LogP contribution < -0.4 is 0 Å². The van der Waals surface area contributed by atoms with Crippen molar-refractivity contribution in [2.75, 3.05) is 19.8 Å². The summed E-state index contributed by atoms with van der Waals surface area (Å²) in [5.41, 5.74) is -0.152. The van der Waals surface area contributed by atoms with E-state index in [9.17, 15) is 4.79 Å². The SMILES string of the molecule is Cc1noc(C2COCCN2C(=O)CCCc2nc(C(C)(C)C)no2)n1. The molecule has 0 aromatic carbocycles. The van der Waals surface area contributed by atoms with Crippen LogP contribution in [0.2, 0.25) is 0 Å². The summed E-state index contributed by atoms with van der Waals surface area (Å²) in [4.78, 5) is 23.0. The fraction of sp³-hybridized carbons (Fsp3) is 0.706. The Morgan fingerprint density at radius 1 is 1.23 bits per heavy atom. The second-order valence-electron chi connectivity index (χ2n) is 7.47. The molecule has 1 atom stereocenters. The van der Waals surface area contributed by atoms with Gasteiger partial charge < -0.3 is 18.7 Å². The summed E-state index contributed by atoms with van der Waals surface area (Å²) in [6, 6.07) is -0.326. The minimum absolute atomic E-state index is 0.0321. The molecule has 0 saturated carbocycles. The lowest BCUT2D eigenvalue weighted by Crippen LogP contribution is -2.43. The van der Waals surface area contributed by atoms with E-state index in [0.29, 0.717) is 62.5 Å². The first-order valence-electron chi connectivity index (χ1n) is 8.85. The molecule has 1 fully saturated rings. The predicted octanol–water partition coefficient (Wildman–Crippen LogP) is 1.98. The fourth-order valence-electron chi connectivity index (χ4n) is 2.75. The van der Waals surface area contributed by atoms with E-state index in [1.165, 1.54) is 0 Å². The zero-order valence-corrected chi connectivity index (χ0v) is 15.7. The van der Waals surface area contributed by atoms with Crippen molar-refractivity contribution in [2.24, 2.45) is 0 Å². The van der Waals surface area contributed by atoms with Gasteiger partial charge in [0.25, 0.3) is 5.89 Å². The van der Waals surface area contributed by atoms with Crippen LogP contribution in [-0.2, 0) is 21.4 Å². The molecule has 1 aliphatic rings. The number of carbonyl (C=O) groups is 1. The van der Waals surface area contributed by atoms with Crippen LogP contribution in [0, 0.1) is 6.92 Å². The van der Waals surface area contributed by atoms with Gasteiger partial charge in [0, 0.05) is 24.8 Å². The number of rotatable bonds is 5. The standard InChI is InChI=1S/C17H25N5O4/c1-11-18-15(26-20-11)12-10-24-9-8-22(12)14(23)7-5-6-13-19-16(21-25-13)17(2,3)4/h12H,5-10H2,1-4H3. The molecule has 9 heteroatoms. The van der Waals surface area contributed by atoms with Crippen LogP contribution in [0.4, 0.5) is 0 Å². The molecule has 26 heavy (non-hydrogen) atoms. The van der Waals surface area contributed by atoms with Crippen LogP contribution in [-0.4, -0.2) is 50.8 Å². The Kier molecular flexibility index (Phi) is 5.36. The summed E-state index contributed by atoms with van der Waals surface area (Å²) < 4.78 is 16.0. The Morgan fingerprint density at radius 3 is 2.69 bits per heavy atom. The summed E-state index contributed by atoms with van der Waals surface area (Å²) in [5, 5.41) is 7.81. The highest BCUT2D eigenvalue weighted by atomic mass is 16.5. The molecule has 1 aliphatic heterocycles. The summed E-state index contributed by atoms with van der Waals surface area (Å²) in [7, 11) is 0. The molecule has 3 heterocycles. The summed E-state index contributed by atoms with van der Waals surface area (Å²) in [5.74, 6) is 2.24. The highest BCUT2D eigenvalue weighted by Gasteiger charge is 2.32. The van der Waals surface area contributed by atoms with Crippen molar-refractivity contribution >= 4 is 5.91 Å². The number of aromatic nitrogens is 4. The maximum atomic E-state index is 12.7. The van der Waals surface area contributed by atoms with Gasteiger partial charge >= 0.3 is 0 Å². The van der Waals surface area contributed by atoms with Gasteiger partial charge in [-0.1, -0.05) is 31.1 Å². The van der Waals surface area contributed by atoms with Crippen LogP contribution >= 0.6 is 0 Å². The van der Waals surface area contributed by atoms with E-state index in [2.05, 4.69) is 20.3 Å². The van der Waals surface area contributed by atoms with Gasteiger partial charge in [-0.25, -0.2) is 0 Å². The second kappa shape index (κ2) is 7.53. The molecule has 142 valence electrons. The van der Waals surface area contributed by atoms with Crippen molar-refractivity contribution in [1.29, 1.82) is 0 Å². The maximum Gasteiger partial charge on any atom is 0.251 e. The minimum atomic E-state index is -0.326. The largest absolute Gasteiger partial charge is 0.377 e. The van der Waals surface area contributed by atoms with Crippen molar-refractivity contribution < 1.29 is 18.6 Å². The van der Waals surface area contributed by atoms with E-state index >= 15 is 0 Å². The van der Waals surface area contributed by atoms with Crippen molar-refractivity contribution in [3.63, 3.8) is 0 Å². The molecule has 3 rings (SSSR count). The van der Waals surface area contributed by atoms with Gasteiger partial charge in [0.1, 0.15) is 6.04 Å². The monoisotopic (exact) mass is 363 g/mol. The number of hydrogen-bond donors (Lipinski definition) is 0. The second-order valence-corrected chi connectivity index (χ2v) is 7.47. The van der Waals surface area contributed by atoms with Gasteiger partial charge in [0.15, 0.2) is 11.6 Å². The molecule has 0 radical (unpaired) electrons. The van der Waals surface area contributed by atoms with E-state index in [1.807, 2.05) is 20.8 Å².